The van der Waals surface area contributed by atoms with Gasteiger partial charge in [-0.05, 0) is 24.1 Å². The smallest absolute Gasteiger partial charge is 0.278 e. The Labute approximate surface area is 120 Å². The number of hydrogen-bond donors (Lipinski definition) is 3. The molecule has 0 spiro atoms. The maximum Gasteiger partial charge on any atom is 0.278 e. The molecule has 0 aliphatic heterocycles. The minimum Gasteiger partial charge on any atom is -0.395 e. The van der Waals surface area contributed by atoms with Crippen LogP contribution in [0.5, 0.6) is 0 Å². The number of aromatic nitrogens is 2. The molecule has 0 saturated heterocycles. The van der Waals surface area contributed by atoms with E-state index in [-0.39, 0.29) is 23.0 Å². The molecule has 0 atom stereocenters. The molecule has 0 saturated carbocycles. The number of anilines is 2. The SMILES string of the molecule is CC(C)c1[nH]nc(C(=O)Nc2cc(Cl)ccc2F)c1N. The molecule has 0 radical (unpaired) electrons. The minimum atomic E-state index is -0.591. The third kappa shape index (κ3) is 2.75. The molecule has 1 heterocycles. The Kier molecular flexibility index (Phi) is 3.94. The largest absolute Gasteiger partial charge is 0.395 e. The van der Waals surface area contributed by atoms with Gasteiger partial charge in [0.2, 0.25) is 0 Å². The molecule has 106 valence electrons. The zero-order valence-electron chi connectivity index (χ0n) is 11.0. The summed E-state index contributed by atoms with van der Waals surface area (Å²) in [7, 11) is 0. The van der Waals surface area contributed by atoms with Gasteiger partial charge < -0.3 is 11.1 Å². The van der Waals surface area contributed by atoms with Gasteiger partial charge >= 0.3 is 0 Å². The van der Waals surface area contributed by atoms with Crippen LogP contribution in [0, 0.1) is 5.82 Å². The van der Waals surface area contributed by atoms with E-state index < -0.39 is 11.7 Å². The minimum absolute atomic E-state index is 0.0176. The van der Waals surface area contributed by atoms with Crippen molar-refractivity contribution in [2.24, 2.45) is 0 Å². The second kappa shape index (κ2) is 5.50. The molecule has 5 nitrogen and oxygen atoms in total. The highest BCUT2D eigenvalue weighted by atomic mass is 35.5. The summed E-state index contributed by atoms with van der Waals surface area (Å²) in [5.41, 5.74) is 6.80. The number of nitrogens with zero attached hydrogens (tertiary/aromatic N) is 1. The lowest BCUT2D eigenvalue weighted by Crippen LogP contribution is -2.15. The van der Waals surface area contributed by atoms with Crippen LogP contribution in [0.3, 0.4) is 0 Å². The van der Waals surface area contributed by atoms with Crippen LogP contribution in [0.15, 0.2) is 18.2 Å². The lowest BCUT2D eigenvalue weighted by atomic mass is 10.1. The van der Waals surface area contributed by atoms with Crippen molar-refractivity contribution in [2.45, 2.75) is 19.8 Å². The molecule has 2 aromatic rings. The highest BCUT2D eigenvalue weighted by molar-refractivity contribution is 6.31. The van der Waals surface area contributed by atoms with Crippen LogP contribution in [-0.4, -0.2) is 16.1 Å². The Bertz CT molecular complexity index is 654. The molecular weight excluding hydrogens is 283 g/mol. The Morgan fingerprint density at radius 3 is 2.80 bits per heavy atom. The normalized spacial score (nSPS) is 10.8. The molecule has 0 bridgehead atoms. The first-order valence-corrected chi connectivity index (χ1v) is 6.38. The predicted octanol–water partition coefficient (Wildman–Crippen LogP) is 3.16. The van der Waals surface area contributed by atoms with Crippen LogP contribution in [0.25, 0.3) is 0 Å². The van der Waals surface area contributed by atoms with Crippen molar-refractivity contribution in [1.29, 1.82) is 0 Å². The van der Waals surface area contributed by atoms with Crippen LogP contribution in [0.2, 0.25) is 5.02 Å². The summed E-state index contributed by atoms with van der Waals surface area (Å²) in [6.45, 7) is 3.84. The molecule has 2 rings (SSSR count). The molecule has 7 heteroatoms. The van der Waals surface area contributed by atoms with E-state index in [4.69, 9.17) is 17.3 Å². The summed E-state index contributed by atoms with van der Waals surface area (Å²) >= 11 is 5.76. The fraction of sp³-hybridized carbons (Fsp3) is 0.231. The number of rotatable bonds is 3. The summed E-state index contributed by atoms with van der Waals surface area (Å²) in [4.78, 5) is 12.1. The average Bonchev–Trinajstić information content (AvgIpc) is 2.76. The number of H-pyrrole nitrogens is 1. The summed E-state index contributed by atoms with van der Waals surface area (Å²) in [6.07, 6.45) is 0. The van der Waals surface area contributed by atoms with Crippen LogP contribution in [0.1, 0.15) is 35.9 Å². The van der Waals surface area contributed by atoms with E-state index in [2.05, 4.69) is 15.5 Å². The fourth-order valence-electron chi connectivity index (χ4n) is 1.75. The van der Waals surface area contributed by atoms with Crippen LogP contribution in [0.4, 0.5) is 15.8 Å². The van der Waals surface area contributed by atoms with E-state index >= 15 is 0 Å². The van der Waals surface area contributed by atoms with Crippen molar-refractivity contribution in [3.05, 3.63) is 40.4 Å². The van der Waals surface area contributed by atoms with Gasteiger partial charge in [-0.3, -0.25) is 9.89 Å². The van der Waals surface area contributed by atoms with Gasteiger partial charge in [-0.15, -0.1) is 0 Å². The highest BCUT2D eigenvalue weighted by Gasteiger charge is 2.19. The summed E-state index contributed by atoms with van der Waals surface area (Å²) in [5.74, 6) is -1.07. The predicted molar refractivity (Wildman–Crippen MR) is 76.5 cm³/mol. The van der Waals surface area contributed by atoms with Gasteiger partial charge in [-0.1, -0.05) is 25.4 Å². The van der Waals surface area contributed by atoms with Crippen molar-refractivity contribution in [3.8, 4) is 0 Å². The maximum absolute atomic E-state index is 13.5. The number of amides is 1. The standard InChI is InChI=1S/C13H14ClFN4O/c1-6(2)11-10(16)12(19-18-11)13(20)17-9-5-7(14)3-4-8(9)15/h3-6H,16H2,1-2H3,(H,17,20)(H,18,19). The van der Waals surface area contributed by atoms with Crippen LogP contribution >= 0.6 is 11.6 Å². The topological polar surface area (TPSA) is 83.8 Å². The van der Waals surface area contributed by atoms with Gasteiger partial charge in [0.05, 0.1) is 17.1 Å². The zero-order valence-corrected chi connectivity index (χ0v) is 11.8. The molecule has 1 aromatic carbocycles. The van der Waals surface area contributed by atoms with Crippen molar-refractivity contribution in [1.82, 2.24) is 10.2 Å². The molecule has 4 N–H and O–H groups in total. The Morgan fingerprint density at radius 2 is 2.20 bits per heavy atom. The van der Waals surface area contributed by atoms with Crippen LogP contribution in [-0.2, 0) is 0 Å². The first kappa shape index (κ1) is 14.3. The number of halogens is 2. The van der Waals surface area contributed by atoms with Crippen molar-refractivity contribution >= 4 is 28.9 Å². The quantitative estimate of drug-likeness (QED) is 0.813. The highest BCUT2D eigenvalue weighted by Crippen LogP contribution is 2.24. The number of carbonyl (C=O) groups excluding carboxylic acids is 1. The molecule has 0 aliphatic rings. The van der Waals surface area contributed by atoms with Gasteiger partial charge in [0.15, 0.2) is 5.69 Å². The summed E-state index contributed by atoms with van der Waals surface area (Å²) < 4.78 is 13.5. The van der Waals surface area contributed by atoms with Gasteiger partial charge in [0.1, 0.15) is 5.82 Å². The Morgan fingerprint density at radius 1 is 1.50 bits per heavy atom. The van der Waals surface area contributed by atoms with E-state index in [1.807, 2.05) is 13.8 Å². The lowest BCUT2D eigenvalue weighted by Gasteiger charge is -2.06. The summed E-state index contributed by atoms with van der Waals surface area (Å²) in [6, 6.07) is 3.89. The lowest BCUT2D eigenvalue weighted by molar-refractivity contribution is 0.102. The average molecular weight is 297 g/mol. The number of nitrogen functional groups attached to an aromatic ring is 1. The molecule has 0 unspecified atom stereocenters. The van der Waals surface area contributed by atoms with E-state index in [0.29, 0.717) is 10.7 Å². The van der Waals surface area contributed by atoms with Gasteiger partial charge in [-0.25, -0.2) is 4.39 Å². The Hall–Kier alpha value is -2.08. The molecule has 0 aliphatic carbocycles. The van der Waals surface area contributed by atoms with Gasteiger partial charge in [0.25, 0.3) is 5.91 Å². The van der Waals surface area contributed by atoms with Crippen molar-refractivity contribution < 1.29 is 9.18 Å². The number of nitrogens with one attached hydrogen (secondary N) is 2. The number of benzene rings is 1. The first-order valence-electron chi connectivity index (χ1n) is 6.00. The van der Waals surface area contributed by atoms with E-state index in [1.165, 1.54) is 18.2 Å². The van der Waals surface area contributed by atoms with E-state index in [1.54, 1.807) is 0 Å². The van der Waals surface area contributed by atoms with Gasteiger partial charge in [-0.2, -0.15) is 5.10 Å². The summed E-state index contributed by atoms with van der Waals surface area (Å²) in [5, 5.41) is 9.30. The third-order valence-electron chi connectivity index (χ3n) is 2.80. The molecule has 1 aromatic heterocycles. The van der Waals surface area contributed by atoms with E-state index in [0.717, 1.165) is 0 Å². The second-order valence-corrected chi connectivity index (χ2v) is 5.07. The monoisotopic (exact) mass is 296 g/mol. The van der Waals surface area contributed by atoms with Gasteiger partial charge in [0, 0.05) is 5.02 Å². The first-order chi connectivity index (χ1) is 9.40. The number of nitrogens with two attached hydrogens (primary N) is 1. The zero-order chi connectivity index (χ0) is 14.9. The molecule has 0 fully saturated rings. The van der Waals surface area contributed by atoms with Crippen molar-refractivity contribution in [3.63, 3.8) is 0 Å². The van der Waals surface area contributed by atoms with Crippen LogP contribution < -0.4 is 11.1 Å². The molecular formula is C13H14ClFN4O. The third-order valence-corrected chi connectivity index (χ3v) is 3.04. The Balaban J connectivity index is 2.26. The number of aromatic amines is 1. The van der Waals surface area contributed by atoms with E-state index in [9.17, 15) is 9.18 Å². The second-order valence-electron chi connectivity index (χ2n) is 4.63. The fourth-order valence-corrected chi connectivity index (χ4v) is 1.92. The number of hydrogen-bond acceptors (Lipinski definition) is 3. The van der Waals surface area contributed by atoms with Crippen molar-refractivity contribution in [2.75, 3.05) is 11.1 Å². The molecule has 20 heavy (non-hydrogen) atoms. The number of carbonyl (C=O) groups is 1. The molecule has 1 amide bonds. The maximum atomic E-state index is 13.5.